The number of anilines is 1. The molecule has 166 valence electrons. The van der Waals surface area contributed by atoms with E-state index >= 15 is 0 Å². The van der Waals surface area contributed by atoms with Crippen LogP contribution in [0.3, 0.4) is 0 Å². The van der Waals surface area contributed by atoms with Crippen molar-refractivity contribution in [2.24, 2.45) is 13.0 Å². The molecule has 0 bridgehead atoms. The van der Waals surface area contributed by atoms with E-state index in [0.717, 1.165) is 23.0 Å². The summed E-state index contributed by atoms with van der Waals surface area (Å²) in [6, 6.07) is 9.41. The molecule has 1 heterocycles. The van der Waals surface area contributed by atoms with Gasteiger partial charge in [-0.25, -0.2) is 4.79 Å². The van der Waals surface area contributed by atoms with E-state index in [1.165, 1.54) is 11.6 Å². The molecule has 2 N–H and O–H groups in total. The zero-order valence-electron chi connectivity index (χ0n) is 18.2. The third-order valence-corrected chi connectivity index (χ3v) is 5.92. The molecule has 0 atom stereocenters. The number of Topliss-reactive ketones (excluding diaryl/α,β-unsaturated/α-hetero) is 1. The molecule has 8 nitrogen and oxygen atoms in total. The Balaban J connectivity index is 1.87. The van der Waals surface area contributed by atoms with Gasteiger partial charge in [-0.2, -0.15) is 0 Å². The SMILES string of the molecule is CC(C)Cn1c(N)c(C(=O)COC(=O)C2(c3ccccc3)CCCC2)c(=O)n(C)c1=O. The lowest BCUT2D eigenvalue weighted by molar-refractivity contribution is -0.149. The highest BCUT2D eigenvalue weighted by atomic mass is 16.5. The number of hydrogen-bond acceptors (Lipinski definition) is 6. The minimum Gasteiger partial charge on any atom is -0.457 e. The first-order valence-electron chi connectivity index (χ1n) is 10.5. The van der Waals surface area contributed by atoms with Crippen molar-refractivity contribution < 1.29 is 14.3 Å². The third-order valence-electron chi connectivity index (χ3n) is 5.92. The summed E-state index contributed by atoms with van der Waals surface area (Å²) in [5.74, 6) is -1.31. The fourth-order valence-corrected chi connectivity index (χ4v) is 4.27. The quantitative estimate of drug-likeness (QED) is 0.534. The molecular weight excluding hydrogens is 398 g/mol. The van der Waals surface area contributed by atoms with Crippen molar-refractivity contribution >= 4 is 17.6 Å². The van der Waals surface area contributed by atoms with E-state index in [2.05, 4.69) is 0 Å². The van der Waals surface area contributed by atoms with Crippen molar-refractivity contribution in [3.05, 3.63) is 62.3 Å². The van der Waals surface area contributed by atoms with Crippen LogP contribution in [0.25, 0.3) is 0 Å². The summed E-state index contributed by atoms with van der Waals surface area (Å²) in [6.45, 7) is 3.44. The summed E-state index contributed by atoms with van der Waals surface area (Å²) in [5, 5.41) is 0. The summed E-state index contributed by atoms with van der Waals surface area (Å²) < 4.78 is 7.49. The van der Waals surface area contributed by atoms with Crippen molar-refractivity contribution in [1.29, 1.82) is 0 Å². The first-order chi connectivity index (χ1) is 14.7. The van der Waals surface area contributed by atoms with Crippen LogP contribution in [0.5, 0.6) is 0 Å². The maximum atomic E-state index is 13.1. The fraction of sp³-hybridized carbons (Fsp3) is 0.478. The molecule has 8 heteroatoms. The molecule has 0 radical (unpaired) electrons. The van der Waals surface area contributed by atoms with Gasteiger partial charge in [0.15, 0.2) is 6.61 Å². The Bertz CT molecular complexity index is 1090. The number of ether oxygens (including phenoxy) is 1. The Morgan fingerprint density at radius 1 is 1.13 bits per heavy atom. The molecule has 0 amide bonds. The average molecular weight is 428 g/mol. The van der Waals surface area contributed by atoms with Gasteiger partial charge in [0.25, 0.3) is 5.56 Å². The second-order valence-electron chi connectivity index (χ2n) is 8.57. The molecule has 0 spiro atoms. The van der Waals surface area contributed by atoms with Gasteiger partial charge >= 0.3 is 11.7 Å². The van der Waals surface area contributed by atoms with Gasteiger partial charge in [-0.05, 0) is 24.3 Å². The molecule has 1 fully saturated rings. The number of carbonyl (C=O) groups is 2. The monoisotopic (exact) mass is 427 g/mol. The zero-order chi connectivity index (χ0) is 22.8. The lowest BCUT2D eigenvalue weighted by Gasteiger charge is -2.27. The molecule has 1 saturated carbocycles. The highest BCUT2D eigenvalue weighted by molar-refractivity contribution is 6.01. The van der Waals surface area contributed by atoms with Crippen LogP contribution >= 0.6 is 0 Å². The van der Waals surface area contributed by atoms with Gasteiger partial charge < -0.3 is 10.5 Å². The summed E-state index contributed by atoms with van der Waals surface area (Å²) in [5.41, 5.74) is 4.42. The van der Waals surface area contributed by atoms with Crippen molar-refractivity contribution in [3.63, 3.8) is 0 Å². The van der Waals surface area contributed by atoms with Crippen LogP contribution < -0.4 is 17.0 Å². The van der Waals surface area contributed by atoms with Gasteiger partial charge in [-0.1, -0.05) is 57.0 Å². The molecule has 0 unspecified atom stereocenters. The van der Waals surface area contributed by atoms with Crippen molar-refractivity contribution in [2.75, 3.05) is 12.3 Å². The molecule has 0 saturated heterocycles. The van der Waals surface area contributed by atoms with Gasteiger partial charge in [0, 0.05) is 13.6 Å². The molecule has 1 aromatic carbocycles. The number of esters is 1. The van der Waals surface area contributed by atoms with Gasteiger partial charge in [0.2, 0.25) is 5.78 Å². The van der Waals surface area contributed by atoms with Crippen molar-refractivity contribution in [2.45, 2.75) is 51.5 Å². The van der Waals surface area contributed by atoms with E-state index in [1.54, 1.807) is 0 Å². The molecule has 31 heavy (non-hydrogen) atoms. The Hall–Kier alpha value is -3.16. The Morgan fingerprint density at radius 2 is 1.74 bits per heavy atom. The van der Waals surface area contributed by atoms with E-state index in [-0.39, 0.29) is 23.8 Å². The number of benzene rings is 1. The first kappa shape index (κ1) is 22.5. The Labute approximate surface area is 180 Å². The standard InChI is InChI=1S/C23H29N3O5/c1-15(2)13-26-19(24)18(20(28)25(3)22(26)30)17(27)14-31-21(29)23(11-7-8-12-23)16-9-5-4-6-10-16/h4-6,9-10,15H,7-8,11-14,24H2,1-3H3. The summed E-state index contributed by atoms with van der Waals surface area (Å²) >= 11 is 0. The van der Waals surface area contributed by atoms with Crippen molar-refractivity contribution in [1.82, 2.24) is 9.13 Å². The maximum absolute atomic E-state index is 13.1. The highest BCUT2D eigenvalue weighted by Crippen LogP contribution is 2.42. The average Bonchev–Trinajstić information content (AvgIpc) is 3.25. The minimum absolute atomic E-state index is 0.0754. The number of ketones is 1. The smallest absolute Gasteiger partial charge is 0.332 e. The van der Waals surface area contributed by atoms with Crippen LogP contribution in [-0.2, 0) is 28.5 Å². The van der Waals surface area contributed by atoms with Gasteiger partial charge in [-0.3, -0.25) is 23.5 Å². The van der Waals surface area contributed by atoms with Gasteiger partial charge in [-0.15, -0.1) is 0 Å². The van der Waals surface area contributed by atoms with Gasteiger partial charge in [0.05, 0.1) is 5.41 Å². The predicted molar refractivity (Wildman–Crippen MR) is 117 cm³/mol. The van der Waals surface area contributed by atoms with Crippen LogP contribution in [0.4, 0.5) is 5.82 Å². The molecule has 0 aliphatic heterocycles. The van der Waals surface area contributed by atoms with Crippen LogP contribution in [0.15, 0.2) is 39.9 Å². The van der Waals surface area contributed by atoms with Crippen LogP contribution in [-0.4, -0.2) is 27.5 Å². The Morgan fingerprint density at radius 3 is 2.32 bits per heavy atom. The molecular formula is C23H29N3O5. The lowest BCUT2D eigenvalue weighted by atomic mass is 9.79. The molecule has 2 aromatic rings. The number of aromatic nitrogens is 2. The minimum atomic E-state index is -0.790. The number of nitrogens with zero attached hydrogens (tertiary/aromatic N) is 2. The van der Waals surface area contributed by atoms with E-state index in [1.807, 2.05) is 44.2 Å². The zero-order valence-corrected chi connectivity index (χ0v) is 18.2. The Kier molecular flexibility index (Phi) is 6.48. The number of rotatable bonds is 7. The summed E-state index contributed by atoms with van der Waals surface area (Å²) in [6.07, 6.45) is 3.08. The number of nitrogens with two attached hydrogens (primary N) is 1. The van der Waals surface area contributed by atoms with Crippen LogP contribution in [0.1, 0.15) is 55.5 Å². The first-order valence-corrected chi connectivity index (χ1v) is 10.5. The largest absolute Gasteiger partial charge is 0.457 e. The molecule has 1 aliphatic rings. The van der Waals surface area contributed by atoms with Crippen LogP contribution in [0.2, 0.25) is 0 Å². The summed E-state index contributed by atoms with van der Waals surface area (Å²) in [4.78, 5) is 50.9. The predicted octanol–water partition coefficient (Wildman–Crippen LogP) is 2.02. The topological polar surface area (TPSA) is 113 Å². The van der Waals surface area contributed by atoms with Crippen molar-refractivity contribution in [3.8, 4) is 0 Å². The molecule has 3 rings (SSSR count). The number of nitrogen functional groups attached to an aromatic ring is 1. The van der Waals surface area contributed by atoms with E-state index in [0.29, 0.717) is 12.8 Å². The van der Waals surface area contributed by atoms with Gasteiger partial charge in [0.1, 0.15) is 11.4 Å². The van der Waals surface area contributed by atoms with Crippen LogP contribution in [0, 0.1) is 5.92 Å². The van der Waals surface area contributed by atoms with E-state index in [9.17, 15) is 19.2 Å². The number of hydrogen-bond donors (Lipinski definition) is 1. The lowest BCUT2D eigenvalue weighted by Crippen LogP contribution is -2.44. The fourth-order valence-electron chi connectivity index (χ4n) is 4.27. The molecule has 1 aromatic heterocycles. The van der Waals surface area contributed by atoms with E-state index < -0.39 is 35.0 Å². The molecule has 1 aliphatic carbocycles. The second-order valence-corrected chi connectivity index (χ2v) is 8.57. The normalized spacial score (nSPS) is 15.2. The van der Waals surface area contributed by atoms with E-state index in [4.69, 9.17) is 10.5 Å². The third kappa shape index (κ3) is 4.19. The number of carbonyl (C=O) groups excluding carboxylic acids is 2. The highest BCUT2D eigenvalue weighted by Gasteiger charge is 2.44. The summed E-state index contributed by atoms with van der Waals surface area (Å²) in [7, 11) is 1.30. The second kappa shape index (κ2) is 8.91. The maximum Gasteiger partial charge on any atom is 0.332 e.